The van der Waals surface area contributed by atoms with Crippen molar-refractivity contribution >= 4 is 5.91 Å². The molecule has 4 nitrogen and oxygen atoms in total. The lowest BCUT2D eigenvalue weighted by Crippen LogP contribution is -2.47. The molecule has 4 heteroatoms. The smallest absolute Gasteiger partial charge is 0.264 e. The van der Waals surface area contributed by atoms with E-state index >= 15 is 0 Å². The average molecular weight is 310 g/mol. The maximum Gasteiger partial charge on any atom is 0.264 e. The Morgan fingerprint density at radius 1 is 1.39 bits per heavy atom. The topological polar surface area (TPSA) is 53.3 Å². The lowest BCUT2D eigenvalue weighted by Gasteiger charge is -2.34. The zero-order valence-corrected chi connectivity index (χ0v) is 13.5. The van der Waals surface area contributed by atoms with Gasteiger partial charge in [-0.1, -0.05) is 37.3 Å². The predicted octanol–water partition coefficient (Wildman–Crippen LogP) is 3.12. The fourth-order valence-electron chi connectivity index (χ4n) is 3.01. The Balaban J connectivity index is 2.09. The first-order valence-corrected chi connectivity index (χ1v) is 8.07. The minimum Gasteiger partial charge on any atom is -0.480 e. The van der Waals surface area contributed by atoms with E-state index in [9.17, 15) is 4.79 Å². The van der Waals surface area contributed by atoms with Crippen LogP contribution in [-0.2, 0) is 4.79 Å². The Morgan fingerprint density at radius 3 is 2.74 bits per heavy atom. The molecule has 1 aromatic rings. The van der Waals surface area contributed by atoms with Gasteiger partial charge in [0.15, 0.2) is 6.10 Å². The van der Waals surface area contributed by atoms with Gasteiger partial charge in [-0.25, -0.2) is 0 Å². The molecule has 1 fully saturated rings. The first-order valence-electron chi connectivity index (χ1n) is 8.07. The van der Waals surface area contributed by atoms with Crippen molar-refractivity contribution in [3.8, 4) is 24.2 Å². The number of amides is 1. The summed E-state index contributed by atoms with van der Waals surface area (Å²) in [4.78, 5) is 14.5. The highest BCUT2D eigenvalue weighted by Crippen LogP contribution is 2.24. The number of hydrogen-bond acceptors (Lipinski definition) is 3. The van der Waals surface area contributed by atoms with Crippen molar-refractivity contribution in [1.29, 1.82) is 5.26 Å². The molecule has 1 aliphatic rings. The molecule has 1 saturated carbocycles. The van der Waals surface area contributed by atoms with Gasteiger partial charge in [-0.3, -0.25) is 4.79 Å². The van der Waals surface area contributed by atoms with Crippen LogP contribution in [0.3, 0.4) is 0 Å². The highest BCUT2D eigenvalue weighted by atomic mass is 16.5. The molecule has 0 radical (unpaired) electrons. The Hall–Kier alpha value is -2.46. The van der Waals surface area contributed by atoms with E-state index in [1.54, 1.807) is 36.1 Å². The lowest BCUT2D eigenvalue weighted by atomic mass is 9.94. The fourth-order valence-corrected chi connectivity index (χ4v) is 3.01. The highest BCUT2D eigenvalue weighted by molar-refractivity contribution is 5.81. The summed E-state index contributed by atoms with van der Waals surface area (Å²) in [5.74, 6) is 2.91. The summed E-state index contributed by atoms with van der Waals surface area (Å²) in [6.07, 6.45) is 10.2. The number of carbonyl (C=O) groups is 1. The zero-order chi connectivity index (χ0) is 16.7. The molecule has 0 saturated heterocycles. The Labute approximate surface area is 138 Å². The van der Waals surface area contributed by atoms with Crippen LogP contribution < -0.4 is 4.74 Å². The van der Waals surface area contributed by atoms with E-state index in [1.165, 1.54) is 6.42 Å². The summed E-state index contributed by atoms with van der Waals surface area (Å²) in [6.45, 7) is 2.01. The second-order valence-corrected chi connectivity index (χ2v) is 5.83. The van der Waals surface area contributed by atoms with Crippen LogP contribution in [0.2, 0.25) is 0 Å². The van der Waals surface area contributed by atoms with E-state index in [0.29, 0.717) is 17.9 Å². The van der Waals surface area contributed by atoms with E-state index < -0.39 is 6.10 Å². The largest absolute Gasteiger partial charge is 0.480 e. The Kier molecular flexibility index (Phi) is 6.06. The van der Waals surface area contributed by atoms with Gasteiger partial charge in [-0.2, -0.15) is 5.26 Å². The second-order valence-electron chi connectivity index (χ2n) is 5.83. The van der Waals surface area contributed by atoms with Crippen LogP contribution in [0.4, 0.5) is 0 Å². The van der Waals surface area contributed by atoms with Crippen LogP contribution in [-0.4, -0.2) is 29.5 Å². The molecule has 2 rings (SSSR count). The molecule has 0 bridgehead atoms. The Bertz CT molecular complexity index is 621. The number of ether oxygens (including phenoxy) is 1. The van der Waals surface area contributed by atoms with Crippen molar-refractivity contribution < 1.29 is 9.53 Å². The van der Waals surface area contributed by atoms with Crippen molar-refractivity contribution in [1.82, 2.24) is 4.90 Å². The number of carbonyl (C=O) groups excluding carboxylic acids is 1. The van der Waals surface area contributed by atoms with E-state index in [-0.39, 0.29) is 11.9 Å². The molecule has 1 aliphatic carbocycles. The lowest BCUT2D eigenvalue weighted by molar-refractivity contribution is -0.140. The van der Waals surface area contributed by atoms with Gasteiger partial charge in [0.2, 0.25) is 0 Å². The van der Waals surface area contributed by atoms with Crippen molar-refractivity contribution in [3.63, 3.8) is 0 Å². The molecule has 1 amide bonds. The maximum atomic E-state index is 12.8. The third kappa shape index (κ3) is 4.27. The van der Waals surface area contributed by atoms with Crippen LogP contribution >= 0.6 is 0 Å². The summed E-state index contributed by atoms with van der Waals surface area (Å²) in [7, 11) is 0. The molecule has 0 aliphatic heterocycles. The minimum absolute atomic E-state index is 0.109. The SMILES string of the molecule is C#CCN(C(=O)C(C)Oc1ccccc1C#N)C1CCCCC1. The second kappa shape index (κ2) is 8.25. The first-order chi connectivity index (χ1) is 11.2. The number of rotatable bonds is 5. The summed E-state index contributed by atoms with van der Waals surface area (Å²) in [6, 6.07) is 9.20. The third-order valence-corrected chi connectivity index (χ3v) is 4.22. The van der Waals surface area contributed by atoms with Gasteiger partial charge in [-0.15, -0.1) is 6.42 Å². The van der Waals surface area contributed by atoms with Crippen LogP contribution in [0.5, 0.6) is 5.75 Å². The average Bonchev–Trinajstić information content (AvgIpc) is 2.60. The van der Waals surface area contributed by atoms with Crippen LogP contribution in [0.25, 0.3) is 0 Å². The van der Waals surface area contributed by atoms with Crippen molar-refractivity contribution in [3.05, 3.63) is 29.8 Å². The number of nitrogens with zero attached hydrogens (tertiary/aromatic N) is 2. The molecular weight excluding hydrogens is 288 g/mol. The number of hydrogen-bond donors (Lipinski definition) is 0. The summed E-state index contributed by atoms with van der Waals surface area (Å²) in [5, 5.41) is 9.12. The molecule has 1 unspecified atom stereocenters. The molecular formula is C19H22N2O2. The standard InChI is InChI=1S/C19H22N2O2/c1-3-13-21(17-10-5-4-6-11-17)19(22)15(2)23-18-12-8-7-9-16(18)14-20/h1,7-9,12,15,17H,4-6,10-11,13H2,2H3. The van der Waals surface area contributed by atoms with Gasteiger partial charge < -0.3 is 9.64 Å². The van der Waals surface area contributed by atoms with E-state index in [1.807, 2.05) is 0 Å². The quantitative estimate of drug-likeness (QED) is 0.785. The molecule has 120 valence electrons. The monoisotopic (exact) mass is 310 g/mol. The van der Waals surface area contributed by atoms with Crippen LogP contribution in [0.15, 0.2) is 24.3 Å². The zero-order valence-electron chi connectivity index (χ0n) is 13.5. The van der Waals surface area contributed by atoms with Crippen molar-refractivity contribution in [2.45, 2.75) is 51.2 Å². The summed E-state index contributed by atoms with van der Waals surface area (Å²) < 4.78 is 5.73. The third-order valence-electron chi connectivity index (χ3n) is 4.22. The normalized spacial score (nSPS) is 16.0. The van der Waals surface area contributed by atoms with Crippen molar-refractivity contribution in [2.75, 3.05) is 6.54 Å². The van der Waals surface area contributed by atoms with Gasteiger partial charge in [0.05, 0.1) is 12.1 Å². The number of terminal acetylenes is 1. The van der Waals surface area contributed by atoms with Gasteiger partial charge in [0.1, 0.15) is 11.8 Å². The molecule has 23 heavy (non-hydrogen) atoms. The van der Waals surface area contributed by atoms with Gasteiger partial charge >= 0.3 is 0 Å². The number of para-hydroxylation sites is 1. The molecule has 0 aromatic heterocycles. The maximum absolute atomic E-state index is 12.8. The molecule has 0 N–H and O–H groups in total. The molecule has 0 spiro atoms. The van der Waals surface area contributed by atoms with E-state index in [0.717, 1.165) is 25.7 Å². The van der Waals surface area contributed by atoms with Crippen LogP contribution in [0.1, 0.15) is 44.6 Å². The number of nitriles is 1. The van der Waals surface area contributed by atoms with Gasteiger partial charge in [-0.05, 0) is 31.9 Å². The summed E-state index contributed by atoms with van der Waals surface area (Å²) >= 11 is 0. The molecule has 1 aromatic carbocycles. The fraction of sp³-hybridized carbons (Fsp3) is 0.474. The first kappa shape index (κ1) is 16.9. The minimum atomic E-state index is -0.667. The summed E-state index contributed by atoms with van der Waals surface area (Å²) in [5.41, 5.74) is 0.424. The van der Waals surface area contributed by atoms with E-state index in [2.05, 4.69) is 12.0 Å². The molecule has 1 atom stereocenters. The van der Waals surface area contributed by atoms with Gasteiger partial charge in [0, 0.05) is 6.04 Å². The number of benzene rings is 1. The molecule has 0 heterocycles. The van der Waals surface area contributed by atoms with Crippen molar-refractivity contribution in [2.24, 2.45) is 0 Å². The van der Waals surface area contributed by atoms with Crippen LogP contribution in [0, 0.1) is 23.7 Å². The highest BCUT2D eigenvalue weighted by Gasteiger charge is 2.29. The van der Waals surface area contributed by atoms with E-state index in [4.69, 9.17) is 16.4 Å². The predicted molar refractivity (Wildman–Crippen MR) is 88.7 cm³/mol. The van der Waals surface area contributed by atoms with Gasteiger partial charge in [0.25, 0.3) is 5.91 Å². The Morgan fingerprint density at radius 2 is 2.09 bits per heavy atom.